The number of nitrogens with one attached hydrogen (secondary N) is 1. The standard InChI is InChI=1S/C13H20N2/c1-2-13(14)10-15-8-7-11-5-3-4-6-12(11)9-15/h3-6,13H,2,7-10,14H2,1H3/p+2/t13-/m0/s1. The van der Waals surface area contributed by atoms with Crippen LogP contribution in [0, 0.1) is 0 Å². The molecule has 0 fully saturated rings. The van der Waals surface area contributed by atoms with Crippen LogP contribution in [0.3, 0.4) is 0 Å². The van der Waals surface area contributed by atoms with Crippen LogP contribution in [0.25, 0.3) is 0 Å². The van der Waals surface area contributed by atoms with Crippen LogP contribution in [0.2, 0.25) is 0 Å². The molecule has 0 bridgehead atoms. The number of rotatable bonds is 3. The smallest absolute Gasteiger partial charge is 0.134 e. The molecule has 0 amide bonds. The number of quaternary nitrogens is 2. The predicted octanol–water partition coefficient (Wildman–Crippen LogP) is -0.352. The molecule has 0 aromatic heterocycles. The predicted molar refractivity (Wildman–Crippen MR) is 61.5 cm³/mol. The first-order chi connectivity index (χ1) is 7.29. The molecular formula is C13H22N2+2. The van der Waals surface area contributed by atoms with E-state index in [1.165, 1.54) is 32.5 Å². The van der Waals surface area contributed by atoms with Crippen molar-refractivity contribution in [3.63, 3.8) is 0 Å². The molecule has 2 rings (SSSR count). The number of hydrogen-bond donors (Lipinski definition) is 2. The van der Waals surface area contributed by atoms with E-state index in [-0.39, 0.29) is 0 Å². The second-order valence-corrected chi connectivity index (χ2v) is 4.67. The maximum atomic E-state index is 4.19. The molecule has 4 N–H and O–H groups in total. The van der Waals surface area contributed by atoms with E-state index in [1.807, 2.05) is 0 Å². The molecule has 15 heavy (non-hydrogen) atoms. The first kappa shape index (κ1) is 10.7. The molecule has 0 saturated carbocycles. The third kappa shape index (κ3) is 2.58. The lowest BCUT2D eigenvalue weighted by Crippen LogP contribution is -3.14. The van der Waals surface area contributed by atoms with Gasteiger partial charge in [0.25, 0.3) is 0 Å². The van der Waals surface area contributed by atoms with Crippen molar-refractivity contribution < 1.29 is 10.6 Å². The monoisotopic (exact) mass is 206 g/mol. The van der Waals surface area contributed by atoms with Crippen LogP contribution in [0.4, 0.5) is 0 Å². The molecule has 2 heteroatoms. The molecule has 1 heterocycles. The van der Waals surface area contributed by atoms with E-state index in [9.17, 15) is 0 Å². The largest absolute Gasteiger partial charge is 0.350 e. The van der Waals surface area contributed by atoms with Gasteiger partial charge in [0.05, 0.1) is 6.54 Å². The molecule has 2 atom stereocenters. The summed E-state index contributed by atoms with van der Waals surface area (Å²) < 4.78 is 0. The molecule has 0 radical (unpaired) electrons. The normalized spacial score (nSPS) is 22.1. The second kappa shape index (κ2) is 4.77. The molecule has 0 saturated heterocycles. The van der Waals surface area contributed by atoms with Gasteiger partial charge in [-0.2, -0.15) is 0 Å². The number of fused-ring (bicyclic) bond motifs is 1. The highest BCUT2D eigenvalue weighted by molar-refractivity contribution is 5.27. The summed E-state index contributed by atoms with van der Waals surface area (Å²) in [5.41, 5.74) is 7.28. The summed E-state index contributed by atoms with van der Waals surface area (Å²) in [6, 6.07) is 9.47. The summed E-state index contributed by atoms with van der Waals surface area (Å²) in [6.45, 7) is 5.94. The molecule has 1 aliphatic rings. The minimum absolute atomic E-state index is 0.616. The molecule has 82 valence electrons. The Morgan fingerprint density at radius 3 is 2.80 bits per heavy atom. The van der Waals surface area contributed by atoms with E-state index in [4.69, 9.17) is 0 Å². The van der Waals surface area contributed by atoms with Gasteiger partial charge in [0.2, 0.25) is 0 Å². The first-order valence-corrected chi connectivity index (χ1v) is 6.03. The Morgan fingerprint density at radius 1 is 1.33 bits per heavy atom. The van der Waals surface area contributed by atoms with Crippen LogP contribution < -0.4 is 10.6 Å². The number of hydrogen-bond acceptors (Lipinski definition) is 0. The van der Waals surface area contributed by atoms with E-state index in [0.29, 0.717) is 6.04 Å². The Balaban J connectivity index is 1.99. The van der Waals surface area contributed by atoms with Crippen LogP contribution in [0.5, 0.6) is 0 Å². The molecule has 1 aliphatic heterocycles. The lowest BCUT2D eigenvalue weighted by molar-refractivity contribution is -0.924. The summed E-state index contributed by atoms with van der Waals surface area (Å²) in [5, 5.41) is 0. The quantitative estimate of drug-likeness (QED) is 0.677. The third-order valence-corrected chi connectivity index (χ3v) is 3.46. The average Bonchev–Trinajstić information content (AvgIpc) is 2.29. The van der Waals surface area contributed by atoms with Crippen LogP contribution in [-0.2, 0) is 13.0 Å². The van der Waals surface area contributed by atoms with Gasteiger partial charge in [-0.3, -0.25) is 0 Å². The fourth-order valence-electron chi connectivity index (χ4n) is 2.37. The molecule has 0 spiro atoms. The fourth-order valence-corrected chi connectivity index (χ4v) is 2.37. The van der Waals surface area contributed by atoms with E-state index >= 15 is 0 Å². The average molecular weight is 206 g/mol. The maximum Gasteiger partial charge on any atom is 0.134 e. The Bertz CT molecular complexity index is 322. The van der Waals surface area contributed by atoms with Gasteiger partial charge >= 0.3 is 0 Å². The van der Waals surface area contributed by atoms with Crippen molar-refractivity contribution in [2.45, 2.75) is 32.4 Å². The molecular weight excluding hydrogens is 184 g/mol. The van der Waals surface area contributed by atoms with Crippen LogP contribution in [-0.4, -0.2) is 19.1 Å². The molecule has 2 nitrogen and oxygen atoms in total. The van der Waals surface area contributed by atoms with Crippen molar-refractivity contribution >= 4 is 0 Å². The van der Waals surface area contributed by atoms with Gasteiger partial charge < -0.3 is 10.6 Å². The van der Waals surface area contributed by atoms with E-state index in [2.05, 4.69) is 36.9 Å². The third-order valence-electron chi connectivity index (χ3n) is 3.46. The number of benzene rings is 1. The van der Waals surface area contributed by atoms with Crippen molar-refractivity contribution in [2.75, 3.05) is 13.1 Å². The van der Waals surface area contributed by atoms with Gasteiger partial charge in [0.15, 0.2) is 0 Å². The zero-order valence-corrected chi connectivity index (χ0v) is 9.63. The summed E-state index contributed by atoms with van der Waals surface area (Å²) in [5.74, 6) is 0. The Morgan fingerprint density at radius 2 is 2.07 bits per heavy atom. The van der Waals surface area contributed by atoms with Gasteiger partial charge in [0.1, 0.15) is 19.1 Å². The molecule has 1 unspecified atom stereocenters. The zero-order chi connectivity index (χ0) is 10.7. The van der Waals surface area contributed by atoms with Crippen LogP contribution >= 0.6 is 0 Å². The lowest BCUT2D eigenvalue weighted by Gasteiger charge is -2.26. The fraction of sp³-hybridized carbons (Fsp3) is 0.538. The second-order valence-electron chi connectivity index (χ2n) is 4.67. The van der Waals surface area contributed by atoms with E-state index in [0.717, 1.165) is 0 Å². The maximum absolute atomic E-state index is 4.19. The zero-order valence-electron chi connectivity index (χ0n) is 9.63. The van der Waals surface area contributed by atoms with Crippen LogP contribution in [0.1, 0.15) is 24.5 Å². The molecule has 0 aliphatic carbocycles. The van der Waals surface area contributed by atoms with Gasteiger partial charge in [-0.1, -0.05) is 31.2 Å². The summed E-state index contributed by atoms with van der Waals surface area (Å²) in [4.78, 5) is 1.70. The van der Waals surface area contributed by atoms with Crippen molar-refractivity contribution in [1.82, 2.24) is 0 Å². The van der Waals surface area contributed by atoms with Gasteiger partial charge in [-0.05, 0) is 5.56 Å². The summed E-state index contributed by atoms with van der Waals surface area (Å²) in [6.07, 6.45) is 2.44. The first-order valence-electron chi connectivity index (χ1n) is 6.03. The Hall–Kier alpha value is -0.860. The van der Waals surface area contributed by atoms with E-state index in [1.54, 1.807) is 16.0 Å². The highest BCUT2D eigenvalue weighted by Gasteiger charge is 2.21. The van der Waals surface area contributed by atoms with Crippen molar-refractivity contribution in [2.24, 2.45) is 0 Å². The topological polar surface area (TPSA) is 32.1 Å². The van der Waals surface area contributed by atoms with E-state index < -0.39 is 0 Å². The van der Waals surface area contributed by atoms with Gasteiger partial charge in [-0.25, -0.2) is 0 Å². The molecule has 1 aromatic carbocycles. The molecule has 1 aromatic rings. The van der Waals surface area contributed by atoms with Crippen molar-refractivity contribution in [1.29, 1.82) is 0 Å². The Kier molecular flexibility index (Phi) is 3.39. The highest BCUT2D eigenvalue weighted by atomic mass is 15.1. The minimum Gasteiger partial charge on any atom is -0.350 e. The van der Waals surface area contributed by atoms with Crippen molar-refractivity contribution in [3.8, 4) is 0 Å². The summed E-state index contributed by atoms with van der Waals surface area (Å²) in [7, 11) is 0. The SMILES string of the molecule is CC[C@H]([NH3+])C[NH+]1CCc2ccccc2C1. The highest BCUT2D eigenvalue weighted by Crippen LogP contribution is 2.10. The van der Waals surface area contributed by atoms with Crippen molar-refractivity contribution in [3.05, 3.63) is 35.4 Å². The van der Waals surface area contributed by atoms with Gasteiger partial charge in [0, 0.05) is 18.4 Å². The summed E-state index contributed by atoms with van der Waals surface area (Å²) >= 11 is 0. The van der Waals surface area contributed by atoms with Crippen LogP contribution in [0.15, 0.2) is 24.3 Å². The Labute approximate surface area is 92.1 Å². The lowest BCUT2D eigenvalue weighted by atomic mass is 9.99. The van der Waals surface area contributed by atoms with Gasteiger partial charge in [-0.15, -0.1) is 0 Å². The minimum atomic E-state index is 0.616.